The quantitative estimate of drug-likeness (QED) is 0.841. The monoisotopic (exact) mass is 259 g/mol. The third-order valence-corrected chi connectivity index (χ3v) is 4.36. The van der Waals surface area contributed by atoms with E-state index in [1.807, 2.05) is 11.0 Å². The third kappa shape index (κ3) is 2.26. The molecule has 1 aliphatic heterocycles. The van der Waals surface area contributed by atoms with E-state index in [0.717, 1.165) is 42.5 Å². The van der Waals surface area contributed by atoms with Crippen LogP contribution in [0.1, 0.15) is 36.8 Å². The molecule has 1 aliphatic carbocycles. The molecule has 0 aromatic heterocycles. The van der Waals surface area contributed by atoms with Gasteiger partial charge in [-0.05, 0) is 42.9 Å². The highest BCUT2D eigenvalue weighted by atomic mass is 16.2. The maximum absolute atomic E-state index is 12.3. The normalized spacial score (nSPS) is 26.6. The van der Waals surface area contributed by atoms with Gasteiger partial charge in [-0.3, -0.25) is 4.79 Å². The highest BCUT2D eigenvalue weighted by molar-refractivity contribution is 6.02. The topological polar surface area (TPSA) is 72.4 Å². The summed E-state index contributed by atoms with van der Waals surface area (Å²) >= 11 is 0. The molecule has 1 fully saturated rings. The van der Waals surface area contributed by atoms with Crippen molar-refractivity contribution in [1.82, 2.24) is 0 Å². The van der Waals surface area contributed by atoms with Gasteiger partial charge in [0.2, 0.25) is 5.91 Å². The summed E-state index contributed by atoms with van der Waals surface area (Å²) < 4.78 is 0. The highest BCUT2D eigenvalue weighted by Crippen LogP contribution is 2.35. The number of carbonyl (C=O) groups is 1. The lowest BCUT2D eigenvalue weighted by Crippen LogP contribution is -2.42. The lowest BCUT2D eigenvalue weighted by Gasteiger charge is -2.33. The molecule has 0 spiro atoms. The summed E-state index contributed by atoms with van der Waals surface area (Å²) in [6, 6.07) is 6.79. The maximum atomic E-state index is 12.3. The molecule has 0 atom stereocenters. The van der Waals surface area contributed by atoms with Crippen LogP contribution in [0.15, 0.2) is 18.2 Å². The van der Waals surface area contributed by atoms with E-state index in [2.05, 4.69) is 12.1 Å². The van der Waals surface area contributed by atoms with Gasteiger partial charge in [0.1, 0.15) is 0 Å². The van der Waals surface area contributed by atoms with Gasteiger partial charge in [-0.25, -0.2) is 0 Å². The fraction of sp³-hybridized carbons (Fsp3) is 0.533. The molecular weight excluding hydrogens is 238 g/mol. The summed E-state index contributed by atoms with van der Waals surface area (Å²) in [5.74, 6) is 0.227. The van der Waals surface area contributed by atoms with Gasteiger partial charge in [-0.2, -0.15) is 0 Å². The molecule has 1 aromatic carbocycles. The minimum absolute atomic E-state index is 0.227. The number of anilines is 1. The summed E-state index contributed by atoms with van der Waals surface area (Å²) in [7, 11) is 0. The van der Waals surface area contributed by atoms with Gasteiger partial charge in [0, 0.05) is 24.3 Å². The van der Waals surface area contributed by atoms with Crippen molar-refractivity contribution in [1.29, 1.82) is 0 Å². The zero-order valence-electron chi connectivity index (χ0n) is 11.1. The van der Waals surface area contributed by atoms with Crippen molar-refractivity contribution in [2.75, 3.05) is 4.90 Å². The average Bonchev–Trinajstić information content (AvgIpc) is 2.74. The lowest BCUT2D eigenvalue weighted by molar-refractivity contribution is -0.117. The number of amides is 1. The van der Waals surface area contributed by atoms with Gasteiger partial charge in [-0.15, -0.1) is 0 Å². The molecule has 0 bridgehead atoms. The van der Waals surface area contributed by atoms with E-state index < -0.39 is 0 Å². The molecular formula is C15H21N3O. The molecule has 0 radical (unpaired) electrons. The number of hydrogen-bond acceptors (Lipinski definition) is 3. The van der Waals surface area contributed by atoms with Gasteiger partial charge in [-0.1, -0.05) is 12.1 Å². The van der Waals surface area contributed by atoms with E-state index in [1.54, 1.807) is 0 Å². The Bertz CT molecular complexity index is 492. The molecule has 1 heterocycles. The van der Waals surface area contributed by atoms with Crippen LogP contribution in [0.4, 0.5) is 5.69 Å². The Labute approximate surface area is 113 Å². The summed E-state index contributed by atoms with van der Waals surface area (Å²) in [5, 5.41) is 0. The van der Waals surface area contributed by atoms with Gasteiger partial charge in [0.25, 0.3) is 0 Å². The van der Waals surface area contributed by atoms with Crippen molar-refractivity contribution in [3.05, 3.63) is 29.3 Å². The number of carbonyl (C=O) groups excluding carboxylic acids is 1. The molecule has 1 amide bonds. The van der Waals surface area contributed by atoms with Crippen molar-refractivity contribution < 1.29 is 4.79 Å². The predicted molar refractivity (Wildman–Crippen MR) is 75.8 cm³/mol. The van der Waals surface area contributed by atoms with Gasteiger partial charge < -0.3 is 16.4 Å². The van der Waals surface area contributed by atoms with E-state index in [0.29, 0.717) is 25.0 Å². The Kier molecular flexibility index (Phi) is 3.29. The zero-order chi connectivity index (χ0) is 13.4. The fourth-order valence-electron chi connectivity index (χ4n) is 3.29. The molecule has 3 rings (SSSR count). The second-order valence-corrected chi connectivity index (χ2v) is 5.68. The predicted octanol–water partition coefficient (Wildman–Crippen LogP) is 1.30. The highest BCUT2D eigenvalue weighted by Gasteiger charge is 2.34. The Morgan fingerprint density at radius 2 is 1.95 bits per heavy atom. The Balaban J connectivity index is 1.86. The van der Waals surface area contributed by atoms with E-state index in [1.165, 1.54) is 0 Å². The van der Waals surface area contributed by atoms with E-state index in [9.17, 15) is 4.79 Å². The molecule has 4 nitrogen and oxygen atoms in total. The van der Waals surface area contributed by atoms with Crippen molar-refractivity contribution in [3.63, 3.8) is 0 Å². The number of hydrogen-bond donors (Lipinski definition) is 2. The second kappa shape index (κ2) is 4.94. The first-order chi connectivity index (χ1) is 9.19. The van der Waals surface area contributed by atoms with Gasteiger partial charge in [0.15, 0.2) is 0 Å². The summed E-state index contributed by atoms with van der Waals surface area (Å²) in [6.07, 6.45) is 4.59. The third-order valence-electron chi connectivity index (χ3n) is 4.36. The van der Waals surface area contributed by atoms with Crippen molar-refractivity contribution in [3.8, 4) is 0 Å². The second-order valence-electron chi connectivity index (χ2n) is 5.68. The first-order valence-corrected chi connectivity index (χ1v) is 7.08. The molecule has 0 saturated heterocycles. The Morgan fingerprint density at radius 3 is 2.63 bits per heavy atom. The van der Waals surface area contributed by atoms with Crippen LogP contribution in [-0.4, -0.2) is 18.0 Å². The van der Waals surface area contributed by atoms with Crippen molar-refractivity contribution in [2.45, 2.75) is 50.7 Å². The smallest absolute Gasteiger partial charge is 0.231 e. The van der Waals surface area contributed by atoms with E-state index in [4.69, 9.17) is 11.5 Å². The molecule has 1 saturated carbocycles. The molecule has 2 aliphatic rings. The maximum Gasteiger partial charge on any atom is 0.231 e. The minimum atomic E-state index is 0.227. The molecule has 0 unspecified atom stereocenters. The van der Waals surface area contributed by atoms with Crippen LogP contribution in [0.2, 0.25) is 0 Å². The summed E-state index contributed by atoms with van der Waals surface area (Å²) in [6.45, 7) is 0.528. The molecule has 1 aromatic rings. The Morgan fingerprint density at radius 1 is 1.21 bits per heavy atom. The number of nitrogens with zero attached hydrogens (tertiary/aromatic N) is 1. The first-order valence-electron chi connectivity index (χ1n) is 7.08. The summed E-state index contributed by atoms with van der Waals surface area (Å²) in [4.78, 5) is 14.3. The average molecular weight is 259 g/mol. The van der Waals surface area contributed by atoms with Crippen LogP contribution < -0.4 is 16.4 Å². The van der Waals surface area contributed by atoms with Gasteiger partial charge >= 0.3 is 0 Å². The SMILES string of the molecule is NCc1ccc2c(c1)CC(=O)N2C1CCC(N)CC1. The van der Waals surface area contributed by atoms with E-state index >= 15 is 0 Å². The number of fused-ring (bicyclic) bond motifs is 1. The molecule has 102 valence electrons. The standard InChI is InChI=1S/C15H21N3O/c16-9-10-1-6-14-11(7-10)8-15(19)18(14)13-4-2-12(17)3-5-13/h1,6-7,12-13H,2-5,8-9,16-17H2. The van der Waals surface area contributed by atoms with Crippen LogP contribution in [0.3, 0.4) is 0 Å². The lowest BCUT2D eigenvalue weighted by atomic mass is 9.90. The molecule has 19 heavy (non-hydrogen) atoms. The zero-order valence-corrected chi connectivity index (χ0v) is 11.1. The minimum Gasteiger partial charge on any atom is -0.328 e. The Hall–Kier alpha value is -1.39. The van der Waals surface area contributed by atoms with Crippen LogP contribution >= 0.6 is 0 Å². The number of nitrogens with two attached hydrogens (primary N) is 2. The largest absolute Gasteiger partial charge is 0.328 e. The van der Waals surface area contributed by atoms with Gasteiger partial charge in [0.05, 0.1) is 6.42 Å². The van der Waals surface area contributed by atoms with E-state index in [-0.39, 0.29) is 5.91 Å². The van der Waals surface area contributed by atoms with Crippen LogP contribution in [-0.2, 0) is 17.8 Å². The van der Waals surface area contributed by atoms with Crippen molar-refractivity contribution >= 4 is 11.6 Å². The summed E-state index contributed by atoms with van der Waals surface area (Å²) in [5.41, 5.74) is 14.9. The number of benzene rings is 1. The first kappa shape index (κ1) is 12.6. The van der Waals surface area contributed by atoms with Crippen LogP contribution in [0, 0.1) is 0 Å². The number of rotatable bonds is 2. The van der Waals surface area contributed by atoms with Crippen LogP contribution in [0.25, 0.3) is 0 Å². The molecule has 4 N–H and O–H groups in total. The molecule has 4 heteroatoms. The van der Waals surface area contributed by atoms with Crippen LogP contribution in [0.5, 0.6) is 0 Å². The van der Waals surface area contributed by atoms with Crippen molar-refractivity contribution in [2.24, 2.45) is 11.5 Å². The fourth-order valence-corrected chi connectivity index (χ4v) is 3.29.